The highest BCUT2D eigenvalue weighted by molar-refractivity contribution is 7.90. The van der Waals surface area contributed by atoms with E-state index in [-0.39, 0.29) is 29.3 Å². The molecule has 3 aromatic rings. The molecular weight excluding hydrogens is 402 g/mol. The van der Waals surface area contributed by atoms with Gasteiger partial charge in [-0.1, -0.05) is 12.1 Å². The number of aromatic nitrogens is 3. The largest absolute Gasteiger partial charge is 0.352 e. The number of carbonyl (C=O) groups is 1. The van der Waals surface area contributed by atoms with Crippen molar-refractivity contribution in [2.24, 2.45) is 0 Å². The van der Waals surface area contributed by atoms with Gasteiger partial charge in [0, 0.05) is 37.6 Å². The Morgan fingerprint density at radius 1 is 1.10 bits per heavy atom. The van der Waals surface area contributed by atoms with Crippen LogP contribution in [0.3, 0.4) is 0 Å². The molecule has 5 rings (SSSR count). The van der Waals surface area contributed by atoms with Gasteiger partial charge in [-0.3, -0.25) is 4.79 Å². The Kier molecular flexibility index (Phi) is 4.50. The monoisotopic (exact) mass is 425 g/mol. The predicted molar refractivity (Wildman–Crippen MR) is 113 cm³/mol. The third kappa shape index (κ3) is 3.32. The summed E-state index contributed by atoms with van der Waals surface area (Å²) in [7, 11) is -3.23. The molecule has 2 atom stereocenters. The molecular formula is C21H23N5O3S. The fourth-order valence-corrected chi connectivity index (χ4v) is 5.34. The number of aromatic amines is 1. The molecule has 8 nitrogen and oxygen atoms in total. The molecule has 9 heteroatoms. The smallest absolute Gasteiger partial charge is 0.227 e. The van der Waals surface area contributed by atoms with Crippen LogP contribution < -0.4 is 4.90 Å². The molecule has 2 saturated heterocycles. The van der Waals surface area contributed by atoms with Crippen molar-refractivity contribution in [1.82, 2.24) is 19.9 Å². The number of fused-ring (bicyclic) bond motifs is 3. The van der Waals surface area contributed by atoms with E-state index in [1.807, 2.05) is 17.2 Å². The van der Waals surface area contributed by atoms with Crippen LogP contribution >= 0.6 is 0 Å². The lowest BCUT2D eigenvalue weighted by Crippen LogP contribution is -2.56. The normalized spacial score (nSPS) is 21.4. The maximum absolute atomic E-state index is 13.1. The maximum Gasteiger partial charge on any atom is 0.227 e. The molecule has 2 aliphatic rings. The van der Waals surface area contributed by atoms with Crippen LogP contribution in [0.5, 0.6) is 0 Å². The lowest BCUT2D eigenvalue weighted by Gasteiger charge is -2.41. The summed E-state index contributed by atoms with van der Waals surface area (Å²) in [6.07, 6.45) is 6.89. The molecule has 1 N–H and O–H groups in total. The summed E-state index contributed by atoms with van der Waals surface area (Å²) < 4.78 is 23.3. The van der Waals surface area contributed by atoms with Crippen LogP contribution in [-0.2, 0) is 21.1 Å². The number of benzene rings is 1. The van der Waals surface area contributed by atoms with Crippen LogP contribution in [0.2, 0.25) is 0 Å². The van der Waals surface area contributed by atoms with E-state index >= 15 is 0 Å². The summed E-state index contributed by atoms with van der Waals surface area (Å²) in [5.41, 5.74) is 1.66. The molecule has 30 heavy (non-hydrogen) atoms. The summed E-state index contributed by atoms with van der Waals surface area (Å²) in [4.78, 5) is 29.6. The van der Waals surface area contributed by atoms with Crippen LogP contribution in [0.15, 0.2) is 47.8 Å². The van der Waals surface area contributed by atoms with Crippen LogP contribution in [0.1, 0.15) is 18.4 Å². The first-order chi connectivity index (χ1) is 14.4. The second-order valence-corrected chi connectivity index (χ2v) is 10.1. The zero-order valence-corrected chi connectivity index (χ0v) is 17.5. The Balaban J connectivity index is 1.32. The minimum atomic E-state index is -3.23. The van der Waals surface area contributed by atoms with Gasteiger partial charge in [0.1, 0.15) is 17.8 Å². The van der Waals surface area contributed by atoms with Gasteiger partial charge in [-0.2, -0.15) is 0 Å². The van der Waals surface area contributed by atoms with Gasteiger partial charge in [0.15, 0.2) is 9.84 Å². The Morgan fingerprint density at radius 3 is 2.47 bits per heavy atom. The van der Waals surface area contributed by atoms with Gasteiger partial charge in [0.05, 0.1) is 16.7 Å². The molecule has 1 amide bonds. The summed E-state index contributed by atoms with van der Waals surface area (Å²) in [5.74, 6) is 1.02. The van der Waals surface area contributed by atoms with E-state index in [0.29, 0.717) is 0 Å². The zero-order valence-electron chi connectivity index (χ0n) is 16.7. The van der Waals surface area contributed by atoms with Gasteiger partial charge in [0.2, 0.25) is 5.91 Å². The van der Waals surface area contributed by atoms with E-state index in [2.05, 4.69) is 19.9 Å². The Morgan fingerprint density at radius 2 is 1.80 bits per heavy atom. The Labute approximate surface area is 174 Å². The molecule has 2 bridgehead atoms. The third-order valence-electron chi connectivity index (χ3n) is 6.11. The predicted octanol–water partition coefficient (Wildman–Crippen LogP) is 1.78. The molecule has 0 radical (unpaired) electrons. The number of anilines is 1. The minimum absolute atomic E-state index is 0.101. The highest BCUT2D eigenvalue weighted by Crippen LogP contribution is 2.34. The summed E-state index contributed by atoms with van der Waals surface area (Å²) in [6.45, 7) is 1.51. The van der Waals surface area contributed by atoms with E-state index in [9.17, 15) is 13.2 Å². The van der Waals surface area contributed by atoms with Crippen molar-refractivity contribution in [2.45, 2.75) is 36.2 Å². The number of nitrogens with one attached hydrogen (secondary N) is 1. The van der Waals surface area contributed by atoms with Crippen molar-refractivity contribution < 1.29 is 13.2 Å². The first-order valence-electron chi connectivity index (χ1n) is 10.0. The standard InChI is InChI=1S/C21H23N5O3S/c1-30(28,29)17-6-2-14(3-7-17)10-19(27)26-15-4-5-16(26)12-25(11-15)21-18-8-9-22-20(18)23-13-24-21/h2-3,6-9,13,15-16H,4-5,10-12H2,1H3,(H,22,23,24). The molecule has 0 spiro atoms. The Bertz CT molecular complexity index is 1190. The third-order valence-corrected chi connectivity index (χ3v) is 7.24. The van der Waals surface area contributed by atoms with Gasteiger partial charge in [-0.25, -0.2) is 18.4 Å². The zero-order chi connectivity index (χ0) is 20.9. The number of nitrogens with zero attached hydrogens (tertiary/aromatic N) is 4. The highest BCUT2D eigenvalue weighted by Gasteiger charge is 2.43. The number of hydrogen-bond acceptors (Lipinski definition) is 6. The average molecular weight is 426 g/mol. The molecule has 1 aromatic carbocycles. The van der Waals surface area contributed by atoms with Gasteiger partial charge >= 0.3 is 0 Å². The number of hydrogen-bond donors (Lipinski definition) is 1. The maximum atomic E-state index is 13.1. The number of piperazine rings is 1. The number of H-pyrrole nitrogens is 1. The molecule has 2 aromatic heterocycles. The molecule has 0 aliphatic carbocycles. The fourth-order valence-electron chi connectivity index (χ4n) is 4.71. The first kappa shape index (κ1) is 19.0. The topological polar surface area (TPSA) is 99.3 Å². The van der Waals surface area contributed by atoms with Crippen LogP contribution in [0.4, 0.5) is 5.82 Å². The lowest BCUT2D eigenvalue weighted by molar-refractivity contribution is -0.133. The van der Waals surface area contributed by atoms with Crippen LogP contribution in [-0.4, -0.2) is 65.6 Å². The van der Waals surface area contributed by atoms with Crippen molar-refractivity contribution in [1.29, 1.82) is 0 Å². The lowest BCUT2D eigenvalue weighted by atomic mass is 10.1. The van der Waals surface area contributed by atoms with E-state index in [0.717, 1.165) is 48.3 Å². The molecule has 156 valence electrons. The summed E-state index contributed by atoms with van der Waals surface area (Å²) >= 11 is 0. The van der Waals surface area contributed by atoms with E-state index < -0.39 is 9.84 Å². The molecule has 4 heterocycles. The number of rotatable bonds is 4. The second-order valence-electron chi connectivity index (χ2n) is 8.12. The van der Waals surface area contributed by atoms with Crippen molar-refractivity contribution in [2.75, 3.05) is 24.2 Å². The average Bonchev–Trinajstić information content (AvgIpc) is 3.29. The minimum Gasteiger partial charge on any atom is -0.352 e. The van der Waals surface area contributed by atoms with Crippen LogP contribution in [0, 0.1) is 0 Å². The SMILES string of the molecule is CS(=O)(=O)c1ccc(CC(=O)N2C3CCC2CN(c2ncnc4[nH]ccc24)C3)cc1. The molecule has 2 fully saturated rings. The van der Waals surface area contributed by atoms with Crippen molar-refractivity contribution in [3.63, 3.8) is 0 Å². The van der Waals surface area contributed by atoms with E-state index in [1.54, 1.807) is 30.6 Å². The fraction of sp³-hybridized carbons (Fsp3) is 0.381. The van der Waals surface area contributed by atoms with Gasteiger partial charge in [-0.05, 0) is 36.6 Å². The van der Waals surface area contributed by atoms with Crippen molar-refractivity contribution >= 4 is 32.6 Å². The van der Waals surface area contributed by atoms with Gasteiger partial charge in [-0.15, -0.1) is 0 Å². The van der Waals surface area contributed by atoms with E-state index in [4.69, 9.17) is 0 Å². The van der Waals surface area contributed by atoms with Crippen LogP contribution in [0.25, 0.3) is 11.0 Å². The number of amides is 1. The highest BCUT2D eigenvalue weighted by atomic mass is 32.2. The second kappa shape index (κ2) is 7.09. The van der Waals surface area contributed by atoms with Gasteiger partial charge < -0.3 is 14.8 Å². The number of sulfone groups is 1. The van der Waals surface area contributed by atoms with Crippen molar-refractivity contribution in [3.8, 4) is 0 Å². The van der Waals surface area contributed by atoms with Crippen molar-refractivity contribution in [3.05, 3.63) is 48.4 Å². The molecule has 2 aliphatic heterocycles. The van der Waals surface area contributed by atoms with Gasteiger partial charge in [0.25, 0.3) is 0 Å². The summed E-state index contributed by atoms with van der Waals surface area (Å²) in [6, 6.07) is 8.92. The molecule has 2 unspecified atom stereocenters. The quantitative estimate of drug-likeness (QED) is 0.684. The Hall–Kier alpha value is -2.94. The first-order valence-corrected chi connectivity index (χ1v) is 11.9. The van der Waals surface area contributed by atoms with E-state index in [1.165, 1.54) is 6.26 Å². The summed E-state index contributed by atoms with van der Waals surface area (Å²) in [5, 5.41) is 1.00. The molecule has 0 saturated carbocycles. The number of carbonyl (C=O) groups excluding carboxylic acids is 1.